The fourth-order valence-electron chi connectivity index (χ4n) is 4.56. The number of hydrogen-bond donors (Lipinski definition) is 5. The first-order chi connectivity index (χ1) is 19.5. The SMILES string of the molecule is [2H]N(C(=O)C(C)C)[C@H]1[C@H]([C@H](O)[C@H](O)CO)OC(C(=O)O)=C[C@@H]1n1nc2c(-c3cccc(OC)c3)cccc2c1C#N. The van der Waals surface area contributed by atoms with Gasteiger partial charge in [0.15, 0.2) is 1.41 Å². The van der Waals surface area contributed by atoms with Gasteiger partial charge in [0.1, 0.15) is 41.3 Å². The van der Waals surface area contributed by atoms with Crippen LogP contribution in [0.25, 0.3) is 22.0 Å². The molecule has 4 rings (SSSR count). The van der Waals surface area contributed by atoms with Crippen molar-refractivity contribution in [2.75, 3.05) is 13.7 Å². The standard InChI is InChI=1S/C28H30N4O8/c1-14(2)27(36)30-24-19(11-22(28(37)38)40-26(24)25(35)21(34)13-33)32-20(12-29)18-9-5-8-17(23(18)31-32)15-6-4-7-16(10-15)39-3/h4-11,14,19,21,24-26,33-35H,13H2,1-3H3,(H,30,36)(H,37,38)/t19-,21+,24+,25+,26+/m0/s1/i/hD. The molecule has 40 heavy (non-hydrogen) atoms. The number of carboxylic acid groups (broad SMARTS) is 1. The molecule has 0 saturated heterocycles. The maximum absolute atomic E-state index is 13.0. The van der Waals surface area contributed by atoms with Crippen molar-refractivity contribution in [2.24, 2.45) is 5.92 Å². The first kappa shape index (κ1) is 27.1. The van der Waals surface area contributed by atoms with E-state index in [1.165, 1.54) is 11.8 Å². The minimum absolute atomic E-state index is 0.00368. The molecule has 210 valence electrons. The van der Waals surface area contributed by atoms with E-state index in [1.807, 2.05) is 6.07 Å². The van der Waals surface area contributed by atoms with Crippen molar-refractivity contribution >= 4 is 22.8 Å². The summed E-state index contributed by atoms with van der Waals surface area (Å²) in [5.41, 5.74) is 1.75. The third kappa shape index (κ3) is 5.35. The summed E-state index contributed by atoms with van der Waals surface area (Å²) in [7, 11) is 1.53. The van der Waals surface area contributed by atoms with Crippen LogP contribution in [0.3, 0.4) is 0 Å². The van der Waals surface area contributed by atoms with Crippen molar-refractivity contribution in [3.63, 3.8) is 0 Å². The summed E-state index contributed by atoms with van der Waals surface area (Å²) >= 11 is 0. The van der Waals surface area contributed by atoms with Gasteiger partial charge in [-0.05, 0) is 29.8 Å². The molecule has 5 N–H and O–H groups in total. The highest BCUT2D eigenvalue weighted by molar-refractivity contribution is 5.96. The average Bonchev–Trinajstić information content (AvgIpc) is 3.37. The number of ether oxygens (including phenoxy) is 2. The summed E-state index contributed by atoms with van der Waals surface area (Å²) in [5.74, 6) is -2.95. The number of carbonyl (C=O) groups is 2. The molecule has 1 amide bonds. The second kappa shape index (κ2) is 11.7. The van der Waals surface area contributed by atoms with Crippen LogP contribution in [0.5, 0.6) is 5.75 Å². The van der Waals surface area contributed by atoms with Crippen LogP contribution in [-0.2, 0) is 14.3 Å². The molecule has 12 heteroatoms. The molecule has 3 aromatic rings. The molecule has 0 unspecified atom stereocenters. The molecule has 0 fully saturated rings. The predicted molar refractivity (Wildman–Crippen MR) is 142 cm³/mol. The zero-order valence-corrected chi connectivity index (χ0v) is 22.0. The van der Waals surface area contributed by atoms with Gasteiger partial charge in [-0.25, -0.2) is 9.48 Å². The van der Waals surface area contributed by atoms with E-state index in [0.717, 1.165) is 11.6 Å². The smallest absolute Gasteiger partial charge is 0.370 e. The fourth-order valence-corrected chi connectivity index (χ4v) is 4.56. The molecule has 0 spiro atoms. The third-order valence-electron chi connectivity index (χ3n) is 6.67. The van der Waals surface area contributed by atoms with Gasteiger partial charge < -0.3 is 35.2 Å². The van der Waals surface area contributed by atoms with E-state index < -0.39 is 60.6 Å². The van der Waals surface area contributed by atoms with Crippen LogP contribution < -0.4 is 10.0 Å². The van der Waals surface area contributed by atoms with Crippen molar-refractivity contribution in [1.29, 1.82) is 5.26 Å². The molecule has 0 radical (unpaired) electrons. The minimum Gasteiger partial charge on any atom is -0.497 e. The molecule has 2 heterocycles. The highest BCUT2D eigenvalue weighted by atomic mass is 16.5. The van der Waals surface area contributed by atoms with Crippen LogP contribution in [0.4, 0.5) is 0 Å². The summed E-state index contributed by atoms with van der Waals surface area (Å²) in [4.78, 5) is 25.1. The topological polar surface area (TPSA) is 187 Å². The maximum atomic E-state index is 13.0. The summed E-state index contributed by atoms with van der Waals surface area (Å²) in [6, 6.07) is 11.7. The summed E-state index contributed by atoms with van der Waals surface area (Å²) in [6.07, 6.45) is -4.28. The normalized spacial score (nSPS) is 20.6. The van der Waals surface area contributed by atoms with Crippen LogP contribution >= 0.6 is 0 Å². The number of hydrogen-bond acceptors (Lipinski definition) is 9. The molecule has 2 aromatic carbocycles. The van der Waals surface area contributed by atoms with Gasteiger partial charge >= 0.3 is 5.97 Å². The molecule has 1 aliphatic heterocycles. The zero-order chi connectivity index (χ0) is 30.0. The Labute approximate surface area is 231 Å². The fraction of sp³-hybridized carbons (Fsp3) is 0.357. The number of fused-ring (bicyclic) bond motifs is 1. The lowest BCUT2D eigenvalue weighted by molar-refractivity contribution is -0.147. The third-order valence-corrected chi connectivity index (χ3v) is 6.67. The summed E-state index contributed by atoms with van der Waals surface area (Å²) in [5, 5.41) is 56.3. The number of methoxy groups -OCH3 is 1. The van der Waals surface area contributed by atoms with Crippen molar-refractivity contribution in [1.82, 2.24) is 15.1 Å². The number of aromatic nitrogens is 2. The molecule has 5 atom stereocenters. The molecule has 1 aromatic heterocycles. The number of carbonyl (C=O) groups excluding carboxylic acids is 1. The van der Waals surface area contributed by atoms with Crippen LogP contribution in [0.15, 0.2) is 54.3 Å². The van der Waals surface area contributed by atoms with E-state index in [1.54, 1.807) is 50.2 Å². The lowest BCUT2D eigenvalue weighted by atomic mass is 9.91. The van der Waals surface area contributed by atoms with Crippen LogP contribution in [0.2, 0.25) is 1.41 Å². The van der Waals surface area contributed by atoms with Gasteiger partial charge in [0.2, 0.25) is 11.7 Å². The number of nitrogens with zero attached hydrogens (tertiary/aromatic N) is 3. The molecule has 1 aliphatic rings. The monoisotopic (exact) mass is 551 g/mol. The number of aliphatic carboxylic acids is 1. The minimum atomic E-state index is -1.91. The summed E-state index contributed by atoms with van der Waals surface area (Å²) < 4.78 is 20.7. The number of rotatable bonds is 9. The number of nitriles is 1. The first-order valence-corrected chi connectivity index (χ1v) is 12.5. The van der Waals surface area contributed by atoms with Crippen molar-refractivity contribution in [2.45, 2.75) is 44.2 Å². The van der Waals surface area contributed by atoms with E-state index >= 15 is 0 Å². The molecular weight excluding hydrogens is 520 g/mol. The van der Waals surface area contributed by atoms with Crippen molar-refractivity contribution < 1.29 is 40.9 Å². The number of carboxylic acids is 1. The number of amides is 1. The Balaban J connectivity index is 1.99. The lowest BCUT2D eigenvalue weighted by Crippen LogP contribution is -2.59. The van der Waals surface area contributed by atoms with Crippen LogP contribution in [-0.4, -0.2) is 80.2 Å². The quantitative estimate of drug-likeness (QED) is 0.260. The summed E-state index contributed by atoms with van der Waals surface area (Å²) in [6.45, 7) is 2.20. The largest absolute Gasteiger partial charge is 0.497 e. The second-order valence-electron chi connectivity index (χ2n) is 9.60. The van der Waals surface area contributed by atoms with Gasteiger partial charge in [-0.3, -0.25) is 4.79 Å². The van der Waals surface area contributed by atoms with Gasteiger partial charge in [0.25, 0.3) is 0 Å². The predicted octanol–water partition coefficient (Wildman–Crippen LogP) is 1.35. The van der Waals surface area contributed by atoms with Gasteiger partial charge in [-0.2, -0.15) is 10.4 Å². The Morgan fingerprint density at radius 1 is 1.27 bits per heavy atom. The maximum Gasteiger partial charge on any atom is 0.370 e. The molecular formula is C28H30N4O8. The molecule has 0 saturated carbocycles. The lowest BCUT2D eigenvalue weighted by Gasteiger charge is -2.40. The molecule has 0 bridgehead atoms. The van der Waals surface area contributed by atoms with E-state index in [4.69, 9.17) is 10.9 Å². The molecule has 0 aliphatic carbocycles. The van der Waals surface area contributed by atoms with Crippen molar-refractivity contribution in [3.8, 4) is 22.9 Å². The van der Waals surface area contributed by atoms with E-state index in [2.05, 4.69) is 11.2 Å². The van der Waals surface area contributed by atoms with E-state index in [9.17, 15) is 35.3 Å². The van der Waals surface area contributed by atoms with Gasteiger partial charge in [-0.15, -0.1) is 0 Å². The number of aliphatic hydroxyl groups excluding tert-OH is 3. The van der Waals surface area contributed by atoms with E-state index in [0.29, 0.717) is 27.5 Å². The Hall–Kier alpha value is -4.44. The van der Waals surface area contributed by atoms with Gasteiger partial charge in [0.05, 0.1) is 25.8 Å². The Kier molecular flexibility index (Phi) is 7.97. The van der Waals surface area contributed by atoms with Crippen LogP contribution in [0, 0.1) is 17.2 Å². The number of aliphatic hydroxyl groups is 3. The second-order valence-corrected chi connectivity index (χ2v) is 9.60. The Morgan fingerprint density at radius 2 is 2.00 bits per heavy atom. The number of benzene rings is 2. The zero-order valence-electron chi connectivity index (χ0n) is 23.0. The average molecular weight is 552 g/mol. The van der Waals surface area contributed by atoms with E-state index in [-0.39, 0.29) is 5.69 Å². The molecule has 12 nitrogen and oxygen atoms in total. The Morgan fingerprint density at radius 3 is 2.62 bits per heavy atom. The van der Waals surface area contributed by atoms with Crippen molar-refractivity contribution in [3.05, 3.63) is 60.0 Å². The highest BCUT2D eigenvalue weighted by Crippen LogP contribution is 2.36. The first-order valence-electron chi connectivity index (χ1n) is 12.9. The van der Waals surface area contributed by atoms with Gasteiger partial charge in [-0.1, -0.05) is 38.1 Å². The highest BCUT2D eigenvalue weighted by Gasteiger charge is 2.45. The Bertz CT molecular complexity index is 1530. The van der Waals surface area contributed by atoms with Crippen LogP contribution in [0.1, 0.15) is 25.6 Å². The number of nitrogens with one attached hydrogen (secondary N) is 1. The van der Waals surface area contributed by atoms with Gasteiger partial charge in [0, 0.05) is 16.9 Å².